The Bertz CT molecular complexity index is 1810. The highest BCUT2D eigenvalue weighted by Crippen LogP contribution is 2.53. The molecule has 0 aliphatic carbocycles. The van der Waals surface area contributed by atoms with Gasteiger partial charge in [0.1, 0.15) is 30.4 Å². The number of carbonyl (C=O) groups excluding carboxylic acids is 4. The molecule has 1 aromatic heterocycles. The first kappa shape index (κ1) is 32.7. The Hall–Kier alpha value is -4.88. The number of nitrogens with zero attached hydrogens (tertiary/aromatic N) is 5. The molecule has 4 aliphatic rings. The second-order valence-electron chi connectivity index (χ2n) is 13.4. The minimum Gasteiger partial charge on any atom is -0.463 e. The molecule has 2 aromatic carbocycles. The molecule has 2 fully saturated rings. The summed E-state index contributed by atoms with van der Waals surface area (Å²) in [5.74, 6) is -3.99. The molecule has 13 heteroatoms. The monoisotopic (exact) mass is 668 g/mol. The van der Waals surface area contributed by atoms with Gasteiger partial charge in [-0.05, 0) is 30.0 Å². The Morgan fingerprint density at radius 2 is 1.80 bits per heavy atom. The minimum absolute atomic E-state index is 0.0640. The number of benzene rings is 2. The van der Waals surface area contributed by atoms with Gasteiger partial charge in [-0.25, -0.2) is 4.68 Å². The van der Waals surface area contributed by atoms with E-state index in [1.807, 2.05) is 68.4 Å². The third-order valence-corrected chi connectivity index (χ3v) is 10.1. The molecule has 0 bridgehead atoms. The molecule has 0 radical (unpaired) electrons. The molecule has 49 heavy (non-hydrogen) atoms. The highest BCUT2D eigenvalue weighted by molar-refractivity contribution is 6.00. The second kappa shape index (κ2) is 13.2. The maximum Gasteiger partial charge on any atom is 0.306 e. The molecule has 2 saturated heterocycles. The largest absolute Gasteiger partial charge is 0.463 e. The molecule has 13 nitrogen and oxygen atoms in total. The van der Waals surface area contributed by atoms with E-state index in [0.717, 1.165) is 11.1 Å². The van der Waals surface area contributed by atoms with E-state index in [4.69, 9.17) is 9.47 Å². The van der Waals surface area contributed by atoms with Crippen molar-refractivity contribution in [1.82, 2.24) is 30.1 Å². The van der Waals surface area contributed by atoms with Crippen molar-refractivity contribution in [3.05, 3.63) is 84.5 Å². The lowest BCUT2D eigenvalue weighted by molar-refractivity contribution is -0.153. The number of aliphatic hydroxyl groups is 1. The molecule has 7 atom stereocenters. The second-order valence-corrected chi connectivity index (χ2v) is 13.4. The maximum atomic E-state index is 14.8. The van der Waals surface area contributed by atoms with Crippen LogP contribution in [0.2, 0.25) is 0 Å². The normalized spacial score (nSPS) is 30.2. The van der Waals surface area contributed by atoms with Gasteiger partial charge in [-0.1, -0.05) is 85.8 Å². The lowest BCUT2D eigenvalue weighted by Gasteiger charge is -2.39. The number of aromatic nitrogens is 3. The molecule has 0 unspecified atom stereocenters. The number of amides is 3. The standard InChI is InChI=1S/C36H40N6O7/c1-22(2)27(19-43)42-32-35(47)40(21-41-26-14-7-6-13-24(26)38-39-41)18-10-17-36(32)31(34(42)46)30-28(49-36)15-8-9-16-29(44)48-20-25(37-33(30)45)23-11-4-3-5-12-23/h3-8,10-15,17,22,25,27-28,30-32,43H,9,16,18-21H2,1-2H3,(H,37,45)/b15-8-/t25-,27-,28+,30-,31-,32+,36-/m0/s1. The average Bonchev–Trinajstić information content (AvgIpc) is 3.69. The zero-order valence-corrected chi connectivity index (χ0v) is 27.4. The number of allylic oxidation sites excluding steroid dienone is 1. The van der Waals surface area contributed by atoms with Gasteiger partial charge in [-0.2, -0.15) is 0 Å². The molecule has 7 rings (SSSR count). The fraction of sp³-hybridized carbons (Fsp3) is 0.444. The number of hydrogen-bond acceptors (Lipinski definition) is 9. The quantitative estimate of drug-likeness (QED) is 0.297. The van der Waals surface area contributed by atoms with Crippen LogP contribution in [0, 0.1) is 17.8 Å². The van der Waals surface area contributed by atoms with Gasteiger partial charge in [0.25, 0.3) is 5.91 Å². The number of aliphatic hydroxyl groups excluding tert-OH is 1. The van der Waals surface area contributed by atoms with Gasteiger partial charge in [0, 0.05) is 13.0 Å². The Labute approximate surface area is 283 Å². The molecular formula is C36H40N6O7. The Morgan fingerprint density at radius 3 is 2.57 bits per heavy atom. The first-order valence-electron chi connectivity index (χ1n) is 16.8. The summed E-state index contributed by atoms with van der Waals surface area (Å²) in [6, 6.07) is 14.1. The fourth-order valence-corrected chi connectivity index (χ4v) is 7.71. The number of nitrogens with one attached hydrogen (secondary N) is 1. The first-order chi connectivity index (χ1) is 23.7. The van der Waals surface area contributed by atoms with E-state index in [9.17, 15) is 24.3 Å². The van der Waals surface area contributed by atoms with Crippen LogP contribution in [0.5, 0.6) is 0 Å². The van der Waals surface area contributed by atoms with E-state index in [0.29, 0.717) is 11.9 Å². The maximum absolute atomic E-state index is 14.8. The van der Waals surface area contributed by atoms with Crippen LogP contribution in [-0.4, -0.2) is 97.1 Å². The molecule has 1 spiro atoms. The summed E-state index contributed by atoms with van der Waals surface area (Å²) in [6.07, 6.45) is 6.64. The van der Waals surface area contributed by atoms with Gasteiger partial charge in [-0.3, -0.25) is 19.2 Å². The minimum atomic E-state index is -1.51. The van der Waals surface area contributed by atoms with Crippen LogP contribution in [0.25, 0.3) is 11.0 Å². The van der Waals surface area contributed by atoms with Gasteiger partial charge in [-0.15, -0.1) is 5.10 Å². The highest BCUT2D eigenvalue weighted by Gasteiger charge is 2.72. The van der Waals surface area contributed by atoms with Crippen LogP contribution >= 0.6 is 0 Å². The first-order valence-corrected chi connectivity index (χ1v) is 16.8. The molecule has 0 saturated carbocycles. The van der Waals surface area contributed by atoms with Crippen molar-refractivity contribution in [2.75, 3.05) is 19.8 Å². The van der Waals surface area contributed by atoms with Crippen molar-refractivity contribution >= 4 is 34.7 Å². The number of ether oxygens (including phenoxy) is 2. The zero-order chi connectivity index (χ0) is 34.3. The van der Waals surface area contributed by atoms with Crippen molar-refractivity contribution in [3.63, 3.8) is 0 Å². The molecule has 256 valence electrons. The van der Waals surface area contributed by atoms with Crippen LogP contribution in [0.15, 0.2) is 78.9 Å². The number of para-hydroxylation sites is 1. The van der Waals surface area contributed by atoms with Crippen molar-refractivity contribution in [1.29, 1.82) is 0 Å². The van der Waals surface area contributed by atoms with Crippen molar-refractivity contribution in [2.45, 2.75) is 63.2 Å². The number of likely N-dealkylation sites (tertiary alicyclic amines) is 1. The number of fused-ring (bicyclic) bond motifs is 3. The number of cyclic esters (lactones) is 1. The summed E-state index contributed by atoms with van der Waals surface area (Å²) in [5.41, 5.74) is 0.654. The lowest BCUT2D eigenvalue weighted by Crippen LogP contribution is -2.59. The molecule has 3 aromatic rings. The lowest BCUT2D eigenvalue weighted by atomic mass is 9.77. The van der Waals surface area contributed by atoms with E-state index >= 15 is 0 Å². The van der Waals surface area contributed by atoms with Gasteiger partial charge >= 0.3 is 5.97 Å². The van der Waals surface area contributed by atoms with Crippen LogP contribution in [0.4, 0.5) is 0 Å². The third kappa shape index (κ3) is 5.70. The van der Waals surface area contributed by atoms with Gasteiger partial charge in [0.05, 0.1) is 42.1 Å². The predicted molar refractivity (Wildman–Crippen MR) is 176 cm³/mol. The van der Waals surface area contributed by atoms with Crippen molar-refractivity contribution in [2.24, 2.45) is 17.8 Å². The van der Waals surface area contributed by atoms with Crippen molar-refractivity contribution in [3.8, 4) is 0 Å². The van der Waals surface area contributed by atoms with E-state index in [1.54, 1.807) is 33.9 Å². The van der Waals surface area contributed by atoms with Crippen LogP contribution in [0.3, 0.4) is 0 Å². The summed E-state index contributed by atoms with van der Waals surface area (Å²) in [4.78, 5) is 59.7. The zero-order valence-electron chi connectivity index (χ0n) is 27.4. The van der Waals surface area contributed by atoms with Gasteiger partial charge in [0.15, 0.2) is 0 Å². The molecular weight excluding hydrogens is 628 g/mol. The van der Waals surface area contributed by atoms with Crippen LogP contribution in [-0.2, 0) is 35.3 Å². The number of rotatable bonds is 6. The predicted octanol–water partition coefficient (Wildman–Crippen LogP) is 2.14. The smallest absolute Gasteiger partial charge is 0.306 e. The molecule has 3 amide bonds. The summed E-state index contributed by atoms with van der Waals surface area (Å²) in [7, 11) is 0. The average molecular weight is 669 g/mol. The van der Waals surface area contributed by atoms with E-state index in [1.165, 1.54) is 4.90 Å². The Balaban J connectivity index is 1.30. The molecule has 5 heterocycles. The summed E-state index contributed by atoms with van der Waals surface area (Å²) in [6.45, 7) is 3.56. The summed E-state index contributed by atoms with van der Waals surface area (Å²) >= 11 is 0. The number of hydrogen-bond donors (Lipinski definition) is 2. The van der Waals surface area contributed by atoms with E-state index in [-0.39, 0.29) is 44.7 Å². The number of esters is 1. The highest BCUT2D eigenvalue weighted by atomic mass is 16.5. The third-order valence-electron chi connectivity index (χ3n) is 10.1. The van der Waals surface area contributed by atoms with Gasteiger partial charge < -0.3 is 29.7 Å². The summed E-state index contributed by atoms with van der Waals surface area (Å²) < 4.78 is 14.0. The number of carbonyl (C=O) groups is 4. The van der Waals surface area contributed by atoms with Gasteiger partial charge in [0.2, 0.25) is 11.8 Å². The Morgan fingerprint density at radius 1 is 1.02 bits per heavy atom. The van der Waals surface area contributed by atoms with Crippen LogP contribution < -0.4 is 5.32 Å². The molecule has 2 N–H and O–H groups in total. The van der Waals surface area contributed by atoms with E-state index < -0.39 is 59.5 Å². The summed E-state index contributed by atoms with van der Waals surface area (Å²) in [5, 5.41) is 22.2. The molecule has 4 aliphatic heterocycles. The SMILES string of the molecule is CC(C)[C@H](CO)N1C(=O)[C@@H]2[C@H]3C(=O)N[C@H](c4ccccc4)COC(=O)CC/C=C\[C@H]3O[C@@]23C=CCN(Cn2nnc4ccccc42)C(=O)[C@@H]13. The Kier molecular flexibility index (Phi) is 8.80. The fourth-order valence-electron chi connectivity index (χ4n) is 7.71. The topological polar surface area (TPSA) is 156 Å². The van der Waals surface area contributed by atoms with E-state index in [2.05, 4.69) is 15.6 Å². The van der Waals surface area contributed by atoms with Crippen LogP contribution in [0.1, 0.15) is 38.3 Å². The van der Waals surface area contributed by atoms with Crippen molar-refractivity contribution < 1.29 is 33.8 Å².